The Morgan fingerprint density at radius 3 is 2.31 bits per heavy atom. The topological polar surface area (TPSA) is 45.0 Å². The number of hydrogen-bond donors (Lipinski definition) is 1. The predicted molar refractivity (Wildman–Crippen MR) is 67.2 cm³/mol. The first-order valence-corrected chi connectivity index (χ1v) is 6.16. The summed E-state index contributed by atoms with van der Waals surface area (Å²) in [4.78, 5) is 0. The van der Waals surface area contributed by atoms with Crippen molar-refractivity contribution < 1.29 is 4.74 Å². The number of hydrogen-bond acceptors (Lipinski definition) is 3. The van der Waals surface area contributed by atoms with E-state index in [1.807, 2.05) is 6.92 Å². The summed E-state index contributed by atoms with van der Waals surface area (Å²) in [5.41, 5.74) is -0.466. The molecule has 0 aliphatic rings. The summed E-state index contributed by atoms with van der Waals surface area (Å²) in [5.74, 6) is 0.677. The van der Waals surface area contributed by atoms with E-state index in [0.29, 0.717) is 18.6 Å². The van der Waals surface area contributed by atoms with E-state index in [4.69, 9.17) is 10.00 Å². The van der Waals surface area contributed by atoms with Crippen LogP contribution >= 0.6 is 0 Å². The number of nitriles is 1. The van der Waals surface area contributed by atoms with Crippen molar-refractivity contribution in [1.29, 1.82) is 5.26 Å². The van der Waals surface area contributed by atoms with Gasteiger partial charge in [0.1, 0.15) is 5.54 Å². The quantitative estimate of drug-likeness (QED) is 0.647. The van der Waals surface area contributed by atoms with Gasteiger partial charge in [0.2, 0.25) is 0 Å². The monoisotopic (exact) mass is 226 g/mol. The number of ether oxygens (including phenoxy) is 1. The second-order valence-electron chi connectivity index (χ2n) is 5.29. The lowest BCUT2D eigenvalue weighted by Gasteiger charge is -2.25. The summed E-state index contributed by atoms with van der Waals surface area (Å²) < 4.78 is 5.53. The minimum atomic E-state index is -0.466. The van der Waals surface area contributed by atoms with Gasteiger partial charge in [-0.15, -0.1) is 0 Å². The molecule has 0 aromatic carbocycles. The van der Waals surface area contributed by atoms with Crippen molar-refractivity contribution in [2.75, 3.05) is 13.2 Å². The zero-order chi connectivity index (χ0) is 12.6. The summed E-state index contributed by atoms with van der Waals surface area (Å²) >= 11 is 0. The molecule has 0 aromatic rings. The highest BCUT2D eigenvalue weighted by Crippen LogP contribution is 2.10. The van der Waals surface area contributed by atoms with E-state index in [0.717, 1.165) is 19.4 Å². The van der Waals surface area contributed by atoms with E-state index < -0.39 is 5.54 Å². The third-order valence-electron chi connectivity index (χ3n) is 2.44. The van der Waals surface area contributed by atoms with Crippen LogP contribution in [0.4, 0.5) is 0 Å². The fraction of sp³-hybridized carbons (Fsp3) is 0.923. The van der Waals surface area contributed by atoms with Crippen LogP contribution in [-0.2, 0) is 4.74 Å². The van der Waals surface area contributed by atoms with Crippen molar-refractivity contribution in [1.82, 2.24) is 5.32 Å². The molecule has 3 nitrogen and oxygen atoms in total. The average molecular weight is 226 g/mol. The van der Waals surface area contributed by atoms with E-state index in [9.17, 15) is 0 Å². The Labute approximate surface area is 100 Å². The van der Waals surface area contributed by atoms with E-state index in [2.05, 4.69) is 39.1 Å². The molecule has 0 aliphatic heterocycles. The van der Waals surface area contributed by atoms with Gasteiger partial charge < -0.3 is 4.74 Å². The Balaban J connectivity index is 3.75. The zero-order valence-corrected chi connectivity index (χ0v) is 11.3. The first kappa shape index (κ1) is 15.4. The first-order chi connectivity index (χ1) is 7.39. The minimum absolute atomic E-state index is 0.320. The molecular weight excluding hydrogens is 200 g/mol. The molecule has 0 spiro atoms. The SMILES string of the molecule is CC(C)CCOCCC(C)(C#N)NC(C)C. The van der Waals surface area contributed by atoms with Gasteiger partial charge in [0.15, 0.2) is 0 Å². The molecule has 1 N–H and O–H groups in total. The van der Waals surface area contributed by atoms with Crippen molar-refractivity contribution in [3.05, 3.63) is 0 Å². The molecule has 0 heterocycles. The second-order valence-corrected chi connectivity index (χ2v) is 5.29. The van der Waals surface area contributed by atoms with E-state index in [1.54, 1.807) is 0 Å². The number of nitrogens with zero attached hydrogens (tertiary/aromatic N) is 1. The first-order valence-electron chi connectivity index (χ1n) is 6.16. The summed E-state index contributed by atoms with van der Waals surface area (Å²) in [6.07, 6.45) is 1.82. The van der Waals surface area contributed by atoms with Gasteiger partial charge in [-0.3, -0.25) is 5.32 Å². The van der Waals surface area contributed by atoms with Crippen LogP contribution in [0.1, 0.15) is 47.5 Å². The lowest BCUT2D eigenvalue weighted by molar-refractivity contribution is 0.108. The molecule has 3 heteroatoms. The van der Waals surface area contributed by atoms with Crippen LogP contribution < -0.4 is 5.32 Å². The average Bonchev–Trinajstić information content (AvgIpc) is 2.15. The Hall–Kier alpha value is -0.590. The molecule has 1 atom stereocenters. The lowest BCUT2D eigenvalue weighted by atomic mass is 9.99. The van der Waals surface area contributed by atoms with E-state index in [1.165, 1.54) is 0 Å². The normalized spacial score (nSPS) is 15.1. The lowest BCUT2D eigenvalue weighted by Crippen LogP contribution is -2.45. The van der Waals surface area contributed by atoms with Crippen LogP contribution in [0, 0.1) is 17.2 Å². The molecule has 0 bridgehead atoms. The van der Waals surface area contributed by atoms with Gasteiger partial charge in [-0.25, -0.2) is 0 Å². The molecule has 0 saturated heterocycles. The van der Waals surface area contributed by atoms with E-state index in [-0.39, 0.29) is 0 Å². The van der Waals surface area contributed by atoms with Crippen LogP contribution in [0.15, 0.2) is 0 Å². The van der Waals surface area contributed by atoms with Crippen molar-refractivity contribution in [3.63, 3.8) is 0 Å². The third kappa shape index (κ3) is 7.67. The molecular formula is C13H26N2O. The van der Waals surface area contributed by atoms with Crippen LogP contribution in [-0.4, -0.2) is 24.8 Å². The number of nitrogens with one attached hydrogen (secondary N) is 1. The fourth-order valence-electron chi connectivity index (χ4n) is 1.49. The van der Waals surface area contributed by atoms with Gasteiger partial charge in [-0.2, -0.15) is 5.26 Å². The Morgan fingerprint density at radius 2 is 1.88 bits per heavy atom. The van der Waals surface area contributed by atoms with Gasteiger partial charge in [-0.1, -0.05) is 13.8 Å². The molecule has 0 saturated carbocycles. The molecule has 94 valence electrons. The Kier molecular flexibility index (Phi) is 7.36. The van der Waals surface area contributed by atoms with E-state index >= 15 is 0 Å². The van der Waals surface area contributed by atoms with Crippen molar-refractivity contribution in [2.45, 2.75) is 59.0 Å². The smallest absolute Gasteiger partial charge is 0.106 e. The van der Waals surface area contributed by atoms with Gasteiger partial charge in [-0.05, 0) is 33.1 Å². The fourth-order valence-corrected chi connectivity index (χ4v) is 1.49. The van der Waals surface area contributed by atoms with Crippen molar-refractivity contribution >= 4 is 0 Å². The predicted octanol–water partition coefficient (Wildman–Crippen LogP) is 2.72. The minimum Gasteiger partial charge on any atom is -0.381 e. The Morgan fingerprint density at radius 1 is 1.25 bits per heavy atom. The molecule has 1 unspecified atom stereocenters. The van der Waals surface area contributed by atoms with Crippen molar-refractivity contribution in [3.8, 4) is 6.07 Å². The highest BCUT2D eigenvalue weighted by atomic mass is 16.5. The molecule has 0 radical (unpaired) electrons. The molecule has 0 aliphatic carbocycles. The number of rotatable bonds is 8. The second kappa shape index (κ2) is 7.65. The third-order valence-corrected chi connectivity index (χ3v) is 2.44. The van der Waals surface area contributed by atoms with Gasteiger partial charge in [0.25, 0.3) is 0 Å². The summed E-state index contributed by atoms with van der Waals surface area (Å²) in [5, 5.41) is 12.4. The van der Waals surface area contributed by atoms with Gasteiger partial charge >= 0.3 is 0 Å². The van der Waals surface area contributed by atoms with Gasteiger partial charge in [0.05, 0.1) is 6.07 Å². The molecule has 0 amide bonds. The summed E-state index contributed by atoms with van der Waals surface area (Å²) in [7, 11) is 0. The van der Waals surface area contributed by atoms with Crippen LogP contribution in [0.25, 0.3) is 0 Å². The van der Waals surface area contributed by atoms with Crippen LogP contribution in [0.3, 0.4) is 0 Å². The largest absolute Gasteiger partial charge is 0.381 e. The summed E-state index contributed by atoms with van der Waals surface area (Å²) in [6, 6.07) is 2.64. The zero-order valence-electron chi connectivity index (χ0n) is 11.3. The maximum absolute atomic E-state index is 9.11. The summed E-state index contributed by atoms with van der Waals surface area (Å²) in [6.45, 7) is 11.8. The molecule has 0 aromatic heterocycles. The molecule has 16 heavy (non-hydrogen) atoms. The van der Waals surface area contributed by atoms with Gasteiger partial charge in [0, 0.05) is 25.7 Å². The molecule has 0 fully saturated rings. The molecule has 0 rings (SSSR count). The highest BCUT2D eigenvalue weighted by molar-refractivity contribution is 5.04. The highest BCUT2D eigenvalue weighted by Gasteiger charge is 2.23. The maximum atomic E-state index is 9.11. The van der Waals surface area contributed by atoms with Crippen LogP contribution in [0.2, 0.25) is 0 Å². The standard InChI is InChI=1S/C13H26N2O/c1-11(2)6-8-16-9-7-13(5,10-14)15-12(3)4/h11-12,15H,6-9H2,1-5H3. The Bertz CT molecular complexity index is 220. The van der Waals surface area contributed by atoms with Crippen LogP contribution in [0.5, 0.6) is 0 Å². The van der Waals surface area contributed by atoms with Crippen molar-refractivity contribution in [2.24, 2.45) is 5.92 Å². The maximum Gasteiger partial charge on any atom is 0.106 e.